The van der Waals surface area contributed by atoms with E-state index < -0.39 is 0 Å². The van der Waals surface area contributed by atoms with E-state index in [4.69, 9.17) is 0 Å². The van der Waals surface area contributed by atoms with Gasteiger partial charge in [0, 0.05) is 0 Å². The molecule has 0 atom stereocenters. The van der Waals surface area contributed by atoms with Gasteiger partial charge >= 0.3 is 30.2 Å². The maximum Gasteiger partial charge on any atom is -0.0279 e. The van der Waals surface area contributed by atoms with Gasteiger partial charge in [0.05, 0.1) is 0 Å². The second-order valence-corrected chi connectivity index (χ2v) is 7.44. The molecule has 184 valence electrons. The maximum atomic E-state index is 3.06. The van der Waals surface area contributed by atoms with Crippen LogP contribution in [0.15, 0.2) is 133 Å². The van der Waals surface area contributed by atoms with Gasteiger partial charge in [-0.15, -0.1) is 69.6 Å². The quantitative estimate of drug-likeness (QED) is 0.138. The molecule has 6 aromatic rings. The van der Waals surface area contributed by atoms with Crippen LogP contribution in [0.1, 0.15) is 5.56 Å². The molecule has 0 saturated heterocycles. The summed E-state index contributed by atoms with van der Waals surface area (Å²) >= 11 is 1.36. The molecule has 0 amide bonds. The monoisotopic (exact) mass is 560 g/mol. The Kier molecular flexibility index (Phi) is 17.0. The molecule has 0 aliphatic heterocycles. The van der Waals surface area contributed by atoms with E-state index in [1.54, 1.807) is 0 Å². The van der Waals surface area contributed by atoms with Gasteiger partial charge in [-0.05, 0) is 5.56 Å². The van der Waals surface area contributed by atoms with Crippen LogP contribution in [-0.4, -0.2) is 6.88 Å². The van der Waals surface area contributed by atoms with Crippen molar-refractivity contribution >= 4 is 28.4 Å². The second-order valence-electron chi connectivity index (χ2n) is 7.44. The number of rotatable bonds is 1. The summed E-state index contributed by atoms with van der Waals surface area (Å²) in [5, 5.41) is 5.35. The summed E-state index contributed by atoms with van der Waals surface area (Å²) in [5.41, 5.74) is 3.95. The summed E-state index contributed by atoms with van der Waals surface area (Å²) < 4.78 is 0. The zero-order valence-electron chi connectivity index (χ0n) is 21.7. The van der Waals surface area contributed by atoms with E-state index in [1.807, 2.05) is 30.3 Å². The van der Waals surface area contributed by atoms with Crippen molar-refractivity contribution in [2.24, 2.45) is 0 Å². The number of hydrogen-bond acceptors (Lipinski definition) is 0. The van der Waals surface area contributed by atoms with E-state index in [0.717, 1.165) is 0 Å². The minimum atomic E-state index is 0. The van der Waals surface area contributed by atoms with Crippen molar-refractivity contribution in [3.8, 4) is 11.1 Å². The Hall–Kier alpha value is -2.80. The Bertz CT molecular complexity index is 1290. The van der Waals surface area contributed by atoms with Gasteiger partial charge < -0.3 is 22.3 Å². The maximum absolute atomic E-state index is 3.06. The van der Waals surface area contributed by atoms with E-state index in [0.29, 0.717) is 0 Å². The Balaban J connectivity index is 0.000000512. The summed E-state index contributed by atoms with van der Waals surface area (Å²) in [5.74, 6) is 0. The molecule has 0 bridgehead atoms. The first-order valence-electron chi connectivity index (χ1n) is 10.8. The first-order chi connectivity index (χ1) is 16.3. The third kappa shape index (κ3) is 9.69. The van der Waals surface area contributed by atoms with Gasteiger partial charge in [-0.1, -0.05) is 55.0 Å². The van der Waals surface area contributed by atoms with Crippen molar-refractivity contribution in [1.29, 1.82) is 0 Å². The normalized spacial score (nSPS) is 8.78. The Labute approximate surface area is 236 Å². The van der Waals surface area contributed by atoms with Crippen LogP contribution in [0, 0.1) is 35.3 Å². The van der Waals surface area contributed by atoms with E-state index in [2.05, 4.69) is 123 Å². The van der Waals surface area contributed by atoms with Crippen LogP contribution in [0.3, 0.4) is 0 Å². The summed E-state index contributed by atoms with van der Waals surface area (Å²) in [7, 11) is 0. The molecule has 0 spiro atoms. The van der Waals surface area contributed by atoms with Crippen LogP contribution in [-0.2, 0) is 23.3 Å². The van der Waals surface area contributed by atoms with Crippen molar-refractivity contribution in [2.45, 2.75) is 6.92 Å². The van der Waals surface area contributed by atoms with Crippen LogP contribution in [0.2, 0.25) is 0 Å². The molecule has 0 aliphatic carbocycles. The average Bonchev–Trinajstić information content (AvgIpc) is 3.53. The standard InChI is InChI=1S/C15H11.C10H9.C6H5.3CH3.Si.Zr/c1-2-6-12(7-3-1)14-10-4-8-13-9-5-11-15(13)14;1-8-6-9-4-2-3-5-10(9)7-8;1-2-4-6-5-3-1;;;;;/h1-11H;2-7H,1H3;1-5H;3*1H3;;/q6*-1;;. The van der Waals surface area contributed by atoms with Crippen LogP contribution in [0.25, 0.3) is 32.7 Å². The van der Waals surface area contributed by atoms with Gasteiger partial charge in [0.2, 0.25) is 0 Å². The third-order valence-electron chi connectivity index (χ3n) is 5.13. The van der Waals surface area contributed by atoms with Crippen molar-refractivity contribution in [2.75, 3.05) is 0 Å². The molecule has 0 aromatic heterocycles. The Morgan fingerprint density at radius 3 is 1.89 bits per heavy atom. The smallest absolute Gasteiger partial charge is 0.0279 e. The van der Waals surface area contributed by atoms with E-state index in [1.165, 1.54) is 61.6 Å². The van der Waals surface area contributed by atoms with Crippen LogP contribution in [0.5, 0.6) is 0 Å². The topological polar surface area (TPSA) is 0 Å². The summed E-state index contributed by atoms with van der Waals surface area (Å²) in [4.78, 5) is 0. The number of aryl methyl sites for hydroxylation is 1. The molecule has 2 radical (unpaired) electrons. The van der Waals surface area contributed by atoms with Crippen LogP contribution in [0.4, 0.5) is 0 Å². The first-order valence-corrected chi connectivity index (χ1v) is 15.0. The molecule has 0 fully saturated rings. The van der Waals surface area contributed by atoms with Gasteiger partial charge in [-0.25, -0.2) is 0 Å². The molecule has 0 N–H and O–H groups in total. The summed E-state index contributed by atoms with van der Waals surface area (Å²) in [6.07, 6.45) is 0. The van der Waals surface area contributed by atoms with Crippen molar-refractivity contribution < 1.29 is 23.3 Å². The fourth-order valence-electron chi connectivity index (χ4n) is 3.68. The van der Waals surface area contributed by atoms with Gasteiger partial charge in [0.1, 0.15) is 0 Å². The van der Waals surface area contributed by atoms with Crippen molar-refractivity contribution in [3.05, 3.63) is 167 Å². The predicted octanol–water partition coefficient (Wildman–Crippen LogP) is 9.55. The fraction of sp³-hybridized carbons (Fsp3) is 0.0294. The average molecular weight is 562 g/mol. The molecule has 0 unspecified atom stereocenters. The van der Waals surface area contributed by atoms with E-state index in [9.17, 15) is 0 Å². The third-order valence-corrected chi connectivity index (χ3v) is 5.13. The number of fused-ring (bicyclic) bond motifs is 2. The molecule has 0 aliphatic rings. The predicted molar refractivity (Wildman–Crippen MR) is 160 cm³/mol. The van der Waals surface area contributed by atoms with Gasteiger partial charge in [0.25, 0.3) is 0 Å². The first kappa shape index (κ1) is 33.2. The molecule has 36 heavy (non-hydrogen) atoms. The Morgan fingerprint density at radius 1 is 0.667 bits per heavy atom. The molecule has 2 heteroatoms. The molecule has 6 rings (SSSR count). The largest absolute Gasteiger partial charge is 0.184 e. The molecule has 0 saturated carbocycles. The van der Waals surface area contributed by atoms with Gasteiger partial charge in [0.15, 0.2) is 0 Å². The molecular weight excluding hydrogens is 528 g/mol. The Morgan fingerprint density at radius 2 is 1.28 bits per heavy atom. The van der Waals surface area contributed by atoms with Gasteiger partial charge in [-0.3, -0.25) is 0 Å². The van der Waals surface area contributed by atoms with E-state index >= 15 is 0 Å². The zero-order valence-corrected chi connectivity index (χ0v) is 25.2. The van der Waals surface area contributed by atoms with Crippen molar-refractivity contribution in [3.63, 3.8) is 0 Å². The zero-order chi connectivity index (χ0) is 23.3. The van der Waals surface area contributed by atoms with Crippen LogP contribution < -0.4 is 0 Å². The SMILES string of the molecule is Cc1cc2ccccc2[cH-]1.[CH3-].[CH3-].[CH3-].[Si]=[Zr].[c-]1ccccc1.c1ccc(-c2cccc3[cH-]ccc23)cc1. The molecular formula is C34H34SiZr-6. The van der Waals surface area contributed by atoms with Gasteiger partial charge in [-0.2, -0.15) is 54.6 Å². The molecule has 0 heterocycles. The second kappa shape index (κ2) is 18.5. The summed E-state index contributed by atoms with van der Waals surface area (Å²) in [6, 6.07) is 48.7. The van der Waals surface area contributed by atoms with E-state index in [-0.39, 0.29) is 22.3 Å². The minimum absolute atomic E-state index is 0. The van der Waals surface area contributed by atoms with Crippen LogP contribution >= 0.6 is 0 Å². The number of benzene rings is 4. The fourth-order valence-corrected chi connectivity index (χ4v) is 3.68. The number of hydrogen-bond donors (Lipinski definition) is 0. The molecule has 6 aromatic carbocycles. The molecule has 0 nitrogen and oxygen atoms in total. The minimum Gasteiger partial charge on any atom is -0.184 e. The summed E-state index contributed by atoms with van der Waals surface area (Å²) in [6.45, 7) is 5.19. The van der Waals surface area contributed by atoms with Crippen molar-refractivity contribution in [1.82, 2.24) is 0 Å².